The Morgan fingerprint density at radius 2 is 1.06 bits per heavy atom. The molecule has 3 rings (SSSR count). The zero-order chi connectivity index (χ0) is 22.4. The molecule has 0 spiro atoms. The molecule has 2 aromatic heterocycles. The molecular weight excluding hydrogens is 390 g/mol. The minimum Gasteiger partial charge on any atom is -0.255 e. The predicted molar refractivity (Wildman–Crippen MR) is 136 cm³/mol. The molecule has 0 aliphatic carbocycles. The van der Waals surface area contributed by atoms with E-state index >= 15 is 0 Å². The molecule has 0 fully saturated rings. The third-order valence-electron chi connectivity index (χ3n) is 6.11. The van der Waals surface area contributed by atoms with Gasteiger partial charge in [0.2, 0.25) is 0 Å². The van der Waals surface area contributed by atoms with E-state index in [1.165, 1.54) is 81.8 Å². The van der Waals surface area contributed by atoms with Gasteiger partial charge in [0.1, 0.15) is 0 Å². The van der Waals surface area contributed by atoms with E-state index < -0.39 is 0 Å². The molecule has 0 aliphatic heterocycles. The zero-order valence-corrected chi connectivity index (χ0v) is 20.0. The summed E-state index contributed by atoms with van der Waals surface area (Å²) in [4.78, 5) is 13.8. The first-order valence-corrected chi connectivity index (χ1v) is 12.7. The lowest BCUT2D eigenvalue weighted by Crippen LogP contribution is -1.94. The summed E-state index contributed by atoms with van der Waals surface area (Å²) in [7, 11) is 0. The Morgan fingerprint density at radius 1 is 0.500 bits per heavy atom. The molecule has 32 heavy (non-hydrogen) atoms. The molecule has 0 saturated heterocycles. The molecular formula is C29H39N3. The first-order valence-electron chi connectivity index (χ1n) is 12.7. The fraction of sp³-hybridized carbons (Fsp3) is 0.483. The van der Waals surface area contributed by atoms with E-state index in [1.807, 2.05) is 18.6 Å². The van der Waals surface area contributed by atoms with Crippen LogP contribution >= 0.6 is 0 Å². The molecule has 3 aromatic rings. The largest absolute Gasteiger partial charge is 0.255 e. The van der Waals surface area contributed by atoms with E-state index in [0.29, 0.717) is 0 Å². The summed E-state index contributed by atoms with van der Waals surface area (Å²) in [5, 5.41) is 0. The molecule has 170 valence electrons. The molecule has 0 aliphatic rings. The molecule has 0 unspecified atom stereocenters. The second-order valence-corrected chi connectivity index (χ2v) is 8.87. The Labute approximate surface area is 194 Å². The summed E-state index contributed by atoms with van der Waals surface area (Å²) in [6.45, 7) is 4.51. The number of pyridine rings is 1. The van der Waals surface area contributed by atoms with Gasteiger partial charge in [-0.15, -0.1) is 0 Å². The standard InChI is InChI=1S/C29H39N3/c1-3-5-7-9-11-13-24-15-17-26(18-16-24)28-20-19-27(23-30-28)29-31-21-25(22-32-29)14-12-10-8-6-4-2/h15-23H,3-14H2,1-2H3. The van der Waals surface area contributed by atoms with Gasteiger partial charge in [-0.2, -0.15) is 0 Å². The molecule has 0 N–H and O–H groups in total. The smallest absolute Gasteiger partial charge is 0.160 e. The fourth-order valence-electron chi connectivity index (χ4n) is 4.04. The van der Waals surface area contributed by atoms with Gasteiger partial charge in [-0.25, -0.2) is 9.97 Å². The van der Waals surface area contributed by atoms with Crippen molar-refractivity contribution in [3.05, 3.63) is 66.1 Å². The fourth-order valence-corrected chi connectivity index (χ4v) is 4.04. The minimum atomic E-state index is 0.747. The summed E-state index contributed by atoms with van der Waals surface area (Å²) in [6.07, 6.45) is 21.2. The van der Waals surface area contributed by atoms with E-state index in [-0.39, 0.29) is 0 Å². The van der Waals surface area contributed by atoms with Crippen molar-refractivity contribution in [1.82, 2.24) is 15.0 Å². The van der Waals surface area contributed by atoms with Crippen LogP contribution in [0.3, 0.4) is 0 Å². The van der Waals surface area contributed by atoms with E-state index in [0.717, 1.165) is 29.1 Å². The van der Waals surface area contributed by atoms with Crippen LogP contribution in [0.4, 0.5) is 0 Å². The lowest BCUT2D eigenvalue weighted by Gasteiger charge is -2.06. The maximum Gasteiger partial charge on any atom is 0.160 e. The van der Waals surface area contributed by atoms with E-state index in [1.54, 1.807) is 0 Å². The minimum absolute atomic E-state index is 0.747. The third-order valence-corrected chi connectivity index (χ3v) is 6.11. The lowest BCUT2D eigenvalue weighted by molar-refractivity contribution is 0.631. The number of hydrogen-bond acceptors (Lipinski definition) is 3. The van der Waals surface area contributed by atoms with Crippen LogP contribution in [0, 0.1) is 0 Å². The van der Waals surface area contributed by atoms with Gasteiger partial charge < -0.3 is 0 Å². The van der Waals surface area contributed by atoms with Crippen LogP contribution in [0.2, 0.25) is 0 Å². The summed E-state index contributed by atoms with van der Waals surface area (Å²) in [5.74, 6) is 0.747. The number of unbranched alkanes of at least 4 members (excludes halogenated alkanes) is 8. The summed E-state index contributed by atoms with van der Waals surface area (Å²) < 4.78 is 0. The second-order valence-electron chi connectivity index (χ2n) is 8.87. The average Bonchev–Trinajstić information content (AvgIpc) is 2.85. The maximum atomic E-state index is 4.67. The van der Waals surface area contributed by atoms with Gasteiger partial charge in [-0.3, -0.25) is 4.98 Å². The normalized spacial score (nSPS) is 11.1. The van der Waals surface area contributed by atoms with Crippen molar-refractivity contribution >= 4 is 0 Å². The Bertz CT molecular complexity index is 807. The second kappa shape index (κ2) is 13.8. The summed E-state index contributed by atoms with van der Waals surface area (Å²) >= 11 is 0. The topological polar surface area (TPSA) is 38.7 Å². The number of hydrogen-bond donors (Lipinski definition) is 0. The van der Waals surface area contributed by atoms with E-state index in [2.05, 4.69) is 65.2 Å². The van der Waals surface area contributed by atoms with E-state index in [4.69, 9.17) is 0 Å². The van der Waals surface area contributed by atoms with Crippen molar-refractivity contribution in [2.45, 2.75) is 90.9 Å². The number of aryl methyl sites for hydroxylation is 2. The van der Waals surface area contributed by atoms with Crippen LogP contribution in [0.5, 0.6) is 0 Å². The van der Waals surface area contributed by atoms with Crippen LogP contribution in [0.15, 0.2) is 55.0 Å². The number of benzene rings is 1. The molecule has 0 amide bonds. The van der Waals surface area contributed by atoms with Crippen LogP contribution in [0.25, 0.3) is 22.6 Å². The van der Waals surface area contributed by atoms with Crippen molar-refractivity contribution in [3.8, 4) is 22.6 Å². The van der Waals surface area contributed by atoms with Crippen LogP contribution in [0.1, 0.15) is 89.2 Å². The van der Waals surface area contributed by atoms with Crippen LogP contribution in [-0.2, 0) is 12.8 Å². The van der Waals surface area contributed by atoms with Crippen molar-refractivity contribution in [3.63, 3.8) is 0 Å². The zero-order valence-electron chi connectivity index (χ0n) is 20.0. The van der Waals surface area contributed by atoms with Gasteiger partial charge in [0, 0.05) is 29.7 Å². The lowest BCUT2D eigenvalue weighted by atomic mass is 10.0. The Kier molecular flexibility index (Phi) is 10.4. The predicted octanol–water partition coefficient (Wildman–Crippen LogP) is 8.23. The van der Waals surface area contributed by atoms with Gasteiger partial charge in [0.05, 0.1) is 5.69 Å². The van der Waals surface area contributed by atoms with Gasteiger partial charge >= 0.3 is 0 Å². The molecule has 0 bridgehead atoms. The van der Waals surface area contributed by atoms with Crippen molar-refractivity contribution < 1.29 is 0 Å². The van der Waals surface area contributed by atoms with Gasteiger partial charge in [-0.05, 0) is 48.9 Å². The number of aromatic nitrogens is 3. The Morgan fingerprint density at radius 3 is 1.62 bits per heavy atom. The quantitative estimate of drug-likeness (QED) is 0.242. The van der Waals surface area contributed by atoms with Crippen molar-refractivity contribution in [2.24, 2.45) is 0 Å². The van der Waals surface area contributed by atoms with Gasteiger partial charge in [0.15, 0.2) is 5.82 Å². The Balaban J connectivity index is 1.51. The number of rotatable bonds is 14. The molecule has 2 heterocycles. The Hall–Kier alpha value is -2.55. The summed E-state index contributed by atoms with van der Waals surface area (Å²) in [6, 6.07) is 13.0. The SMILES string of the molecule is CCCCCCCc1ccc(-c2ccc(-c3ncc(CCCCCCC)cn3)cn2)cc1. The summed E-state index contributed by atoms with van der Waals surface area (Å²) in [5.41, 5.74) is 5.76. The van der Waals surface area contributed by atoms with Crippen molar-refractivity contribution in [1.29, 1.82) is 0 Å². The van der Waals surface area contributed by atoms with Crippen LogP contribution in [-0.4, -0.2) is 15.0 Å². The molecule has 1 aromatic carbocycles. The molecule has 0 atom stereocenters. The van der Waals surface area contributed by atoms with Gasteiger partial charge in [-0.1, -0.05) is 89.5 Å². The molecule has 0 radical (unpaired) electrons. The maximum absolute atomic E-state index is 4.67. The highest BCUT2D eigenvalue weighted by Crippen LogP contribution is 2.22. The monoisotopic (exact) mass is 429 g/mol. The highest BCUT2D eigenvalue weighted by molar-refractivity contribution is 5.63. The molecule has 3 heteroatoms. The van der Waals surface area contributed by atoms with Crippen molar-refractivity contribution in [2.75, 3.05) is 0 Å². The highest BCUT2D eigenvalue weighted by atomic mass is 14.9. The molecule has 0 saturated carbocycles. The van der Waals surface area contributed by atoms with Gasteiger partial charge in [0.25, 0.3) is 0 Å². The average molecular weight is 430 g/mol. The first-order chi connectivity index (χ1) is 15.8. The third kappa shape index (κ3) is 7.85. The first kappa shape index (κ1) is 24.1. The van der Waals surface area contributed by atoms with E-state index in [9.17, 15) is 0 Å². The van der Waals surface area contributed by atoms with Crippen LogP contribution < -0.4 is 0 Å². The highest BCUT2D eigenvalue weighted by Gasteiger charge is 2.05. The molecule has 3 nitrogen and oxygen atoms in total. The number of nitrogens with zero attached hydrogens (tertiary/aromatic N) is 3.